The Morgan fingerprint density at radius 3 is 2.67 bits per heavy atom. The average Bonchev–Trinajstić information content (AvgIpc) is 3.23. The van der Waals surface area contributed by atoms with Gasteiger partial charge in [-0.25, -0.2) is 8.42 Å². The molecule has 1 aromatic heterocycles. The molecule has 1 fully saturated rings. The molecule has 2 aromatic carbocycles. The van der Waals surface area contributed by atoms with E-state index in [-0.39, 0.29) is 10.8 Å². The highest BCUT2D eigenvalue weighted by atomic mass is 32.2. The lowest BCUT2D eigenvalue weighted by Gasteiger charge is -2.30. The Morgan fingerprint density at radius 1 is 1.21 bits per heavy atom. The molecule has 7 nitrogen and oxygen atoms in total. The summed E-state index contributed by atoms with van der Waals surface area (Å²) < 4.78 is 32.7. The number of nitrogens with one attached hydrogen (secondary N) is 1. The molecule has 1 atom stereocenters. The Kier molecular flexibility index (Phi) is 7.21. The third-order valence-corrected chi connectivity index (χ3v) is 8.52. The molecular weight excluding hydrogens is 458 g/mol. The highest BCUT2D eigenvalue weighted by Gasteiger charge is 2.28. The van der Waals surface area contributed by atoms with Crippen LogP contribution in [-0.2, 0) is 15.8 Å². The molecule has 1 saturated heterocycles. The highest BCUT2D eigenvalue weighted by molar-refractivity contribution is 7.98. The van der Waals surface area contributed by atoms with E-state index in [1.54, 1.807) is 34.6 Å². The minimum atomic E-state index is -3.53. The third kappa shape index (κ3) is 5.66. The van der Waals surface area contributed by atoms with Crippen LogP contribution in [0.1, 0.15) is 41.6 Å². The van der Waals surface area contributed by atoms with E-state index >= 15 is 0 Å². The number of anilines is 1. The predicted octanol–water partition coefficient (Wildman–Crippen LogP) is 4.95. The molecular formula is C24H27N3O4S2. The Balaban J connectivity index is 1.44. The number of piperidine rings is 1. The van der Waals surface area contributed by atoms with E-state index in [9.17, 15) is 13.2 Å². The zero-order valence-electron chi connectivity index (χ0n) is 18.7. The van der Waals surface area contributed by atoms with Gasteiger partial charge in [-0.2, -0.15) is 4.31 Å². The second kappa shape index (κ2) is 10.1. The standard InChI is InChI=1S/C24H27N3O4S2/c1-17-6-5-13-27(15-17)33(29,30)21-11-9-19(10-12-21)25-24(28)22-7-3-4-8-23(22)32-16-20-14-18(2)26-31-20/h3-4,7-12,14,17H,5-6,13,15-16H2,1-2H3,(H,25,28). The highest BCUT2D eigenvalue weighted by Crippen LogP contribution is 2.28. The van der Waals surface area contributed by atoms with Gasteiger partial charge in [-0.15, -0.1) is 11.8 Å². The molecule has 2 heterocycles. The van der Waals surface area contributed by atoms with Crippen LogP contribution >= 0.6 is 11.8 Å². The van der Waals surface area contributed by atoms with Crippen LogP contribution < -0.4 is 5.32 Å². The van der Waals surface area contributed by atoms with Crippen molar-refractivity contribution in [1.82, 2.24) is 9.46 Å². The molecule has 1 aliphatic heterocycles. The fourth-order valence-corrected chi connectivity index (χ4v) is 6.36. The lowest BCUT2D eigenvalue weighted by atomic mass is 10.0. The number of amides is 1. The largest absolute Gasteiger partial charge is 0.360 e. The number of aryl methyl sites for hydroxylation is 1. The van der Waals surface area contributed by atoms with Crippen LogP contribution in [0.15, 0.2) is 68.9 Å². The van der Waals surface area contributed by atoms with Gasteiger partial charge in [0, 0.05) is 29.7 Å². The third-order valence-electron chi connectivity index (χ3n) is 5.55. The minimum absolute atomic E-state index is 0.243. The second-order valence-electron chi connectivity index (χ2n) is 8.31. The molecule has 3 aromatic rings. The Labute approximate surface area is 198 Å². The summed E-state index contributed by atoms with van der Waals surface area (Å²) in [5.74, 6) is 1.41. The quantitative estimate of drug-likeness (QED) is 0.476. The monoisotopic (exact) mass is 485 g/mol. The van der Waals surface area contributed by atoms with E-state index in [4.69, 9.17) is 4.52 Å². The number of hydrogen-bond donors (Lipinski definition) is 1. The van der Waals surface area contributed by atoms with Crippen molar-refractivity contribution in [2.24, 2.45) is 5.92 Å². The predicted molar refractivity (Wildman–Crippen MR) is 129 cm³/mol. The summed E-state index contributed by atoms with van der Waals surface area (Å²) in [6.45, 7) is 5.03. The van der Waals surface area contributed by atoms with Gasteiger partial charge in [0.1, 0.15) is 5.76 Å². The average molecular weight is 486 g/mol. The van der Waals surface area contributed by atoms with Gasteiger partial charge >= 0.3 is 0 Å². The molecule has 1 amide bonds. The van der Waals surface area contributed by atoms with Crippen molar-refractivity contribution in [1.29, 1.82) is 0 Å². The summed E-state index contributed by atoms with van der Waals surface area (Å²) in [5, 5.41) is 6.76. The molecule has 1 N–H and O–H groups in total. The number of thioether (sulfide) groups is 1. The van der Waals surface area contributed by atoms with Crippen molar-refractivity contribution in [3.63, 3.8) is 0 Å². The van der Waals surface area contributed by atoms with Crippen molar-refractivity contribution in [2.45, 2.75) is 42.2 Å². The number of carbonyl (C=O) groups is 1. The zero-order chi connectivity index (χ0) is 23.4. The van der Waals surface area contributed by atoms with E-state index in [0.29, 0.717) is 36.0 Å². The van der Waals surface area contributed by atoms with Crippen LogP contribution in [0.3, 0.4) is 0 Å². The van der Waals surface area contributed by atoms with Crippen LogP contribution in [0, 0.1) is 12.8 Å². The molecule has 0 bridgehead atoms. The number of rotatable bonds is 7. The summed E-state index contributed by atoms with van der Waals surface area (Å²) in [7, 11) is -3.53. The summed E-state index contributed by atoms with van der Waals surface area (Å²) in [6, 6.07) is 15.6. The van der Waals surface area contributed by atoms with E-state index in [1.807, 2.05) is 31.2 Å². The molecule has 1 aliphatic rings. The van der Waals surface area contributed by atoms with Gasteiger partial charge in [-0.1, -0.05) is 24.2 Å². The van der Waals surface area contributed by atoms with Gasteiger partial charge in [-0.3, -0.25) is 4.79 Å². The molecule has 33 heavy (non-hydrogen) atoms. The summed E-state index contributed by atoms with van der Waals surface area (Å²) in [4.78, 5) is 14.0. The molecule has 0 spiro atoms. The first-order chi connectivity index (χ1) is 15.8. The number of nitrogens with zero attached hydrogens (tertiary/aromatic N) is 2. The lowest BCUT2D eigenvalue weighted by Crippen LogP contribution is -2.39. The molecule has 4 rings (SSSR count). The van der Waals surface area contributed by atoms with Crippen LogP contribution in [-0.4, -0.2) is 36.9 Å². The maximum atomic E-state index is 12.9. The molecule has 9 heteroatoms. The lowest BCUT2D eigenvalue weighted by molar-refractivity contribution is 0.102. The number of hydrogen-bond acceptors (Lipinski definition) is 6. The van der Waals surface area contributed by atoms with Gasteiger partial charge < -0.3 is 9.84 Å². The fraction of sp³-hybridized carbons (Fsp3) is 0.333. The topological polar surface area (TPSA) is 92.5 Å². The van der Waals surface area contributed by atoms with E-state index in [2.05, 4.69) is 17.4 Å². The number of benzene rings is 2. The molecule has 174 valence electrons. The summed E-state index contributed by atoms with van der Waals surface area (Å²) >= 11 is 1.49. The van der Waals surface area contributed by atoms with Gasteiger partial charge in [0.15, 0.2) is 0 Å². The van der Waals surface area contributed by atoms with E-state index < -0.39 is 10.0 Å². The van der Waals surface area contributed by atoms with Crippen LogP contribution in [0.4, 0.5) is 5.69 Å². The minimum Gasteiger partial charge on any atom is -0.360 e. The fourth-order valence-electron chi connectivity index (χ4n) is 3.84. The molecule has 0 radical (unpaired) electrons. The second-order valence-corrected chi connectivity index (χ2v) is 11.3. The zero-order valence-corrected chi connectivity index (χ0v) is 20.3. The SMILES string of the molecule is Cc1cc(CSc2ccccc2C(=O)Nc2ccc(S(=O)(=O)N3CCCC(C)C3)cc2)on1. The van der Waals surface area contributed by atoms with Gasteiger partial charge in [-0.05, 0) is 62.1 Å². The molecule has 0 aliphatic carbocycles. The smallest absolute Gasteiger partial charge is 0.256 e. The van der Waals surface area contributed by atoms with Crippen molar-refractivity contribution >= 4 is 33.4 Å². The first kappa shape index (κ1) is 23.5. The molecule has 1 unspecified atom stereocenters. The molecule has 0 saturated carbocycles. The number of carbonyl (C=O) groups excluding carboxylic acids is 1. The first-order valence-corrected chi connectivity index (χ1v) is 13.3. The maximum absolute atomic E-state index is 12.9. The number of sulfonamides is 1. The van der Waals surface area contributed by atoms with Crippen molar-refractivity contribution in [3.05, 3.63) is 71.6 Å². The van der Waals surface area contributed by atoms with Crippen LogP contribution in [0.2, 0.25) is 0 Å². The van der Waals surface area contributed by atoms with Crippen molar-refractivity contribution in [3.8, 4) is 0 Å². The number of aromatic nitrogens is 1. The van der Waals surface area contributed by atoms with Gasteiger partial charge in [0.05, 0.1) is 21.9 Å². The van der Waals surface area contributed by atoms with Crippen LogP contribution in [0.25, 0.3) is 0 Å². The van der Waals surface area contributed by atoms with Crippen LogP contribution in [0.5, 0.6) is 0 Å². The summed E-state index contributed by atoms with van der Waals surface area (Å²) in [5.41, 5.74) is 1.89. The summed E-state index contributed by atoms with van der Waals surface area (Å²) in [6.07, 6.45) is 1.93. The van der Waals surface area contributed by atoms with Gasteiger partial charge in [0.25, 0.3) is 5.91 Å². The van der Waals surface area contributed by atoms with E-state index in [0.717, 1.165) is 29.2 Å². The maximum Gasteiger partial charge on any atom is 0.256 e. The first-order valence-electron chi connectivity index (χ1n) is 10.9. The van der Waals surface area contributed by atoms with Gasteiger partial charge in [0.2, 0.25) is 10.0 Å². The van der Waals surface area contributed by atoms with E-state index in [1.165, 1.54) is 11.8 Å². The Hall–Kier alpha value is -2.62. The van der Waals surface area contributed by atoms with Crippen molar-refractivity contribution < 1.29 is 17.7 Å². The Morgan fingerprint density at radius 2 is 1.97 bits per heavy atom. The Bertz CT molecular complexity index is 1220. The van der Waals surface area contributed by atoms with Crippen molar-refractivity contribution in [2.75, 3.05) is 18.4 Å². The normalized spacial score (nSPS) is 17.1.